The molecular formula is C27H42NO2+. The minimum atomic E-state index is -0.106. The smallest absolute Gasteiger partial charge is 0.143 e. The van der Waals surface area contributed by atoms with Crippen molar-refractivity contribution in [3.8, 4) is 5.75 Å². The van der Waals surface area contributed by atoms with Gasteiger partial charge in [0.1, 0.15) is 24.0 Å². The van der Waals surface area contributed by atoms with Crippen LogP contribution in [-0.4, -0.2) is 37.0 Å². The van der Waals surface area contributed by atoms with Crippen molar-refractivity contribution in [2.24, 2.45) is 5.41 Å². The van der Waals surface area contributed by atoms with Gasteiger partial charge in [0.15, 0.2) is 0 Å². The van der Waals surface area contributed by atoms with Gasteiger partial charge >= 0.3 is 0 Å². The van der Waals surface area contributed by atoms with Crippen LogP contribution in [0.15, 0.2) is 60.7 Å². The molecule has 0 bridgehead atoms. The van der Waals surface area contributed by atoms with Crippen LogP contribution in [0.4, 0.5) is 0 Å². The van der Waals surface area contributed by atoms with Crippen LogP contribution < -0.4 is 4.74 Å². The lowest BCUT2D eigenvalue weighted by molar-refractivity contribution is -1.12. The first kappa shape index (κ1) is 24.4. The molecule has 1 atom stereocenters. The zero-order valence-electron chi connectivity index (χ0n) is 20.2. The third kappa shape index (κ3) is 6.33. The summed E-state index contributed by atoms with van der Waals surface area (Å²) in [5.74, 6) is 0.913. The van der Waals surface area contributed by atoms with E-state index in [2.05, 4.69) is 79.0 Å². The number of nitrogens with zero attached hydrogens (tertiary/aromatic N) is 1. The van der Waals surface area contributed by atoms with E-state index >= 15 is 0 Å². The van der Waals surface area contributed by atoms with E-state index in [1.807, 2.05) is 30.3 Å². The molecular weight excluding hydrogens is 370 g/mol. The van der Waals surface area contributed by atoms with E-state index in [0.29, 0.717) is 11.3 Å². The summed E-state index contributed by atoms with van der Waals surface area (Å²) < 4.78 is 6.75. The highest BCUT2D eigenvalue weighted by Crippen LogP contribution is 2.41. The molecule has 1 unspecified atom stereocenters. The minimum Gasteiger partial charge on any atom is -0.488 e. The Hall–Kier alpha value is -1.84. The summed E-state index contributed by atoms with van der Waals surface area (Å²) in [7, 11) is 4.35. The molecule has 0 aliphatic rings. The second-order valence-electron chi connectivity index (χ2n) is 9.95. The van der Waals surface area contributed by atoms with Crippen LogP contribution >= 0.6 is 0 Å². The summed E-state index contributed by atoms with van der Waals surface area (Å²) in [5, 5.41) is 0. The molecule has 0 spiro atoms. The highest BCUT2D eigenvalue weighted by atomic mass is 16.7. The van der Waals surface area contributed by atoms with Crippen LogP contribution in [0.25, 0.3) is 0 Å². The summed E-state index contributed by atoms with van der Waals surface area (Å²) in [6.07, 6.45) is 4.35. The second kappa shape index (κ2) is 10.5. The first-order valence-corrected chi connectivity index (χ1v) is 11.3. The maximum atomic E-state index is 6.56. The molecule has 0 radical (unpaired) electrons. The zero-order chi connectivity index (χ0) is 22.3. The largest absolute Gasteiger partial charge is 0.488 e. The Labute approximate surface area is 184 Å². The summed E-state index contributed by atoms with van der Waals surface area (Å²) >= 11 is 0. The third-order valence-electron chi connectivity index (χ3n) is 7.00. The Balaban J connectivity index is 2.08. The first-order valence-electron chi connectivity index (χ1n) is 11.3. The van der Waals surface area contributed by atoms with E-state index in [-0.39, 0.29) is 17.1 Å². The van der Waals surface area contributed by atoms with Gasteiger partial charge in [-0.1, -0.05) is 75.7 Å². The van der Waals surface area contributed by atoms with Gasteiger partial charge in [0.2, 0.25) is 0 Å². The fourth-order valence-electron chi connectivity index (χ4n) is 3.78. The van der Waals surface area contributed by atoms with Crippen molar-refractivity contribution >= 4 is 0 Å². The molecule has 0 fully saturated rings. The third-order valence-corrected chi connectivity index (χ3v) is 7.00. The predicted molar refractivity (Wildman–Crippen MR) is 126 cm³/mol. The van der Waals surface area contributed by atoms with E-state index in [1.165, 1.54) is 5.56 Å². The maximum Gasteiger partial charge on any atom is 0.143 e. The van der Waals surface area contributed by atoms with Gasteiger partial charge in [-0.25, -0.2) is 0 Å². The molecule has 0 saturated heterocycles. The lowest BCUT2D eigenvalue weighted by atomic mass is 9.69. The topological polar surface area (TPSA) is 18.5 Å². The molecule has 0 saturated carbocycles. The molecule has 0 aliphatic heterocycles. The highest BCUT2D eigenvalue weighted by molar-refractivity contribution is 5.21. The number of hydrogen-bond donors (Lipinski definition) is 0. The van der Waals surface area contributed by atoms with E-state index in [0.717, 1.165) is 31.4 Å². The fraction of sp³-hybridized carbons (Fsp3) is 0.556. The molecule has 0 aliphatic carbocycles. The van der Waals surface area contributed by atoms with Crippen LogP contribution in [0.5, 0.6) is 5.75 Å². The van der Waals surface area contributed by atoms with Gasteiger partial charge in [0, 0.05) is 5.41 Å². The van der Waals surface area contributed by atoms with E-state index in [1.54, 1.807) is 0 Å². The molecule has 3 heteroatoms. The average Bonchev–Trinajstić information content (AvgIpc) is 2.71. The van der Waals surface area contributed by atoms with Crippen molar-refractivity contribution in [3.05, 3.63) is 66.2 Å². The van der Waals surface area contributed by atoms with Gasteiger partial charge in [-0.05, 0) is 50.8 Å². The Morgan fingerprint density at radius 1 is 0.867 bits per heavy atom. The Bertz CT molecular complexity index is 738. The maximum absolute atomic E-state index is 6.56. The fourth-order valence-corrected chi connectivity index (χ4v) is 3.78. The SMILES string of the molecule is CCCCC(CO[N+](C)(C)C(C)(C)C(C)(C)Cc1ccccc1)Oc1ccccc1. The molecule has 166 valence electrons. The van der Waals surface area contributed by atoms with Crippen LogP contribution in [0, 0.1) is 5.41 Å². The number of benzene rings is 2. The standard InChI is InChI=1S/C27H42NO2/c1-8-9-18-25(30-24-19-14-11-15-20-24)22-29-28(6,7)27(4,5)26(2,3)21-23-16-12-10-13-17-23/h10-17,19-20,25H,8-9,18,21-22H2,1-7H3/q+1. The van der Waals surface area contributed by atoms with Gasteiger partial charge in [-0.15, -0.1) is 0 Å². The van der Waals surface area contributed by atoms with Crippen molar-refractivity contribution in [1.29, 1.82) is 0 Å². The van der Waals surface area contributed by atoms with Crippen molar-refractivity contribution in [2.75, 3.05) is 20.7 Å². The van der Waals surface area contributed by atoms with Gasteiger partial charge in [0.05, 0.1) is 14.1 Å². The number of quaternary nitrogens is 1. The lowest BCUT2D eigenvalue weighted by Crippen LogP contribution is -2.64. The first-order chi connectivity index (χ1) is 14.1. The molecule has 0 N–H and O–H groups in total. The molecule has 2 rings (SSSR count). The molecule has 30 heavy (non-hydrogen) atoms. The number of unbranched alkanes of at least 4 members (excludes halogenated alkanes) is 1. The highest BCUT2D eigenvalue weighted by Gasteiger charge is 2.51. The lowest BCUT2D eigenvalue weighted by Gasteiger charge is -2.50. The Morgan fingerprint density at radius 2 is 1.43 bits per heavy atom. The molecule has 0 aromatic heterocycles. The van der Waals surface area contributed by atoms with E-state index in [4.69, 9.17) is 9.57 Å². The van der Waals surface area contributed by atoms with Crippen molar-refractivity contribution in [2.45, 2.75) is 71.9 Å². The van der Waals surface area contributed by atoms with Crippen molar-refractivity contribution in [3.63, 3.8) is 0 Å². The quantitative estimate of drug-likeness (QED) is 0.286. The van der Waals surface area contributed by atoms with Crippen LogP contribution in [0.3, 0.4) is 0 Å². The van der Waals surface area contributed by atoms with Crippen LogP contribution in [0.2, 0.25) is 0 Å². The summed E-state index contributed by atoms with van der Waals surface area (Å²) in [5.41, 5.74) is 1.30. The minimum absolute atomic E-state index is 0.0387. The summed E-state index contributed by atoms with van der Waals surface area (Å²) in [4.78, 5) is 6.56. The summed E-state index contributed by atoms with van der Waals surface area (Å²) in [6, 6.07) is 20.8. The zero-order valence-corrected chi connectivity index (χ0v) is 20.2. The number of para-hydroxylation sites is 1. The Morgan fingerprint density at radius 3 is 2.00 bits per heavy atom. The van der Waals surface area contributed by atoms with Gasteiger partial charge < -0.3 is 4.74 Å². The van der Waals surface area contributed by atoms with Gasteiger partial charge in [0.25, 0.3) is 0 Å². The van der Waals surface area contributed by atoms with Gasteiger partial charge in [-0.2, -0.15) is 9.48 Å². The average molecular weight is 413 g/mol. The second-order valence-corrected chi connectivity index (χ2v) is 9.95. The molecule has 2 aromatic carbocycles. The van der Waals surface area contributed by atoms with Crippen LogP contribution in [0.1, 0.15) is 59.4 Å². The van der Waals surface area contributed by atoms with Crippen LogP contribution in [-0.2, 0) is 11.3 Å². The molecule has 3 nitrogen and oxygen atoms in total. The molecule has 0 heterocycles. The number of hydroxylamine groups is 3. The van der Waals surface area contributed by atoms with E-state index in [9.17, 15) is 0 Å². The normalized spacial score (nSPS) is 13.8. The number of rotatable bonds is 12. The number of ether oxygens (including phenoxy) is 1. The van der Waals surface area contributed by atoms with Crippen molar-refractivity contribution in [1.82, 2.24) is 0 Å². The summed E-state index contributed by atoms with van der Waals surface area (Å²) in [6.45, 7) is 12.1. The van der Waals surface area contributed by atoms with Gasteiger partial charge in [-0.3, -0.25) is 0 Å². The predicted octanol–water partition coefficient (Wildman–Crippen LogP) is 6.68. The molecule has 2 aromatic rings. The molecule has 0 amide bonds. The van der Waals surface area contributed by atoms with E-state index < -0.39 is 0 Å². The number of hydrogen-bond acceptors (Lipinski definition) is 2. The Kier molecular flexibility index (Phi) is 8.52. The van der Waals surface area contributed by atoms with Crippen molar-refractivity contribution < 1.29 is 14.2 Å². The monoisotopic (exact) mass is 412 g/mol.